The lowest BCUT2D eigenvalue weighted by molar-refractivity contribution is 0.0928. The van der Waals surface area contributed by atoms with Crippen LogP contribution in [0.3, 0.4) is 0 Å². The quantitative estimate of drug-likeness (QED) is 0.771. The lowest BCUT2D eigenvalue weighted by Gasteiger charge is -2.11. The van der Waals surface area contributed by atoms with E-state index in [1.54, 1.807) is 0 Å². The summed E-state index contributed by atoms with van der Waals surface area (Å²) in [6.45, 7) is 1.07. The van der Waals surface area contributed by atoms with E-state index in [1.807, 2.05) is 18.2 Å². The molecule has 16 heavy (non-hydrogen) atoms. The SMILES string of the molecule is CN(C)CCC[C@H]1Cc2ccccc2C1=O. The molecule has 2 rings (SSSR count). The van der Waals surface area contributed by atoms with Gasteiger partial charge in [-0.3, -0.25) is 4.79 Å². The Labute approximate surface area is 97.3 Å². The van der Waals surface area contributed by atoms with Crippen molar-refractivity contribution in [2.24, 2.45) is 5.92 Å². The summed E-state index contributed by atoms with van der Waals surface area (Å²) in [5, 5.41) is 0. The van der Waals surface area contributed by atoms with Crippen LogP contribution < -0.4 is 0 Å². The van der Waals surface area contributed by atoms with Crippen molar-refractivity contribution in [2.45, 2.75) is 19.3 Å². The molecule has 2 nitrogen and oxygen atoms in total. The summed E-state index contributed by atoms with van der Waals surface area (Å²) < 4.78 is 0. The summed E-state index contributed by atoms with van der Waals surface area (Å²) in [7, 11) is 4.15. The highest BCUT2D eigenvalue weighted by molar-refractivity contribution is 6.02. The standard InChI is InChI=1S/C14H19NO/c1-15(2)9-5-7-12-10-11-6-3-4-8-13(11)14(12)16/h3-4,6,8,12H,5,7,9-10H2,1-2H3/t12-/m0/s1. The first-order chi connectivity index (χ1) is 7.68. The number of carbonyl (C=O) groups is 1. The zero-order chi connectivity index (χ0) is 11.5. The second-order valence-electron chi connectivity index (χ2n) is 4.87. The maximum absolute atomic E-state index is 12.1. The number of Topliss-reactive ketones (excluding diaryl/α,β-unsaturated/α-hetero) is 1. The highest BCUT2D eigenvalue weighted by Gasteiger charge is 2.29. The molecule has 1 aliphatic carbocycles. The Kier molecular flexibility index (Phi) is 3.39. The third-order valence-electron chi connectivity index (χ3n) is 3.28. The van der Waals surface area contributed by atoms with Gasteiger partial charge in [-0.25, -0.2) is 0 Å². The van der Waals surface area contributed by atoms with Gasteiger partial charge in [0.15, 0.2) is 5.78 Å². The molecule has 1 atom stereocenters. The van der Waals surface area contributed by atoms with E-state index >= 15 is 0 Å². The lowest BCUT2D eigenvalue weighted by Crippen LogP contribution is -2.16. The molecule has 1 aromatic carbocycles. The molecule has 0 amide bonds. The number of hydrogen-bond donors (Lipinski definition) is 0. The van der Waals surface area contributed by atoms with E-state index in [4.69, 9.17) is 0 Å². The maximum atomic E-state index is 12.1. The average Bonchev–Trinajstić information content (AvgIpc) is 2.56. The Balaban J connectivity index is 1.94. The van der Waals surface area contributed by atoms with Crippen molar-refractivity contribution >= 4 is 5.78 Å². The minimum atomic E-state index is 0.234. The molecule has 0 heterocycles. The number of carbonyl (C=O) groups excluding carboxylic acids is 1. The summed E-state index contributed by atoms with van der Waals surface area (Å²) >= 11 is 0. The van der Waals surface area contributed by atoms with Crippen LogP contribution in [0.4, 0.5) is 0 Å². The van der Waals surface area contributed by atoms with E-state index in [1.165, 1.54) is 5.56 Å². The minimum Gasteiger partial charge on any atom is -0.309 e. The van der Waals surface area contributed by atoms with Crippen LogP contribution in [-0.4, -0.2) is 31.3 Å². The van der Waals surface area contributed by atoms with E-state index < -0.39 is 0 Å². The maximum Gasteiger partial charge on any atom is 0.166 e. The van der Waals surface area contributed by atoms with Crippen molar-refractivity contribution in [3.63, 3.8) is 0 Å². The molecule has 0 saturated carbocycles. The zero-order valence-electron chi connectivity index (χ0n) is 10.1. The summed E-state index contributed by atoms with van der Waals surface area (Å²) in [5.41, 5.74) is 2.19. The number of ketones is 1. The van der Waals surface area contributed by atoms with Gasteiger partial charge in [0.1, 0.15) is 0 Å². The van der Waals surface area contributed by atoms with E-state index in [-0.39, 0.29) is 5.92 Å². The molecule has 0 saturated heterocycles. The highest BCUT2D eigenvalue weighted by Crippen LogP contribution is 2.29. The molecule has 0 spiro atoms. The van der Waals surface area contributed by atoms with Crippen LogP contribution in [0.1, 0.15) is 28.8 Å². The summed E-state index contributed by atoms with van der Waals surface area (Å²) in [6, 6.07) is 8.02. The molecule has 1 aliphatic rings. The van der Waals surface area contributed by atoms with Crippen molar-refractivity contribution in [3.05, 3.63) is 35.4 Å². The van der Waals surface area contributed by atoms with Gasteiger partial charge in [0, 0.05) is 11.5 Å². The molecule has 2 heteroatoms. The molecule has 1 aromatic rings. The molecule has 0 bridgehead atoms. The van der Waals surface area contributed by atoms with Crippen molar-refractivity contribution in [1.29, 1.82) is 0 Å². The van der Waals surface area contributed by atoms with Gasteiger partial charge in [0.2, 0.25) is 0 Å². The van der Waals surface area contributed by atoms with Gasteiger partial charge in [-0.05, 0) is 45.5 Å². The predicted molar refractivity (Wildman–Crippen MR) is 65.8 cm³/mol. The van der Waals surface area contributed by atoms with Gasteiger partial charge in [-0.15, -0.1) is 0 Å². The summed E-state index contributed by atoms with van der Waals surface area (Å²) in [6.07, 6.45) is 3.07. The fourth-order valence-corrected chi connectivity index (χ4v) is 2.40. The molecule has 0 unspecified atom stereocenters. The van der Waals surface area contributed by atoms with Gasteiger partial charge >= 0.3 is 0 Å². The Bertz CT molecular complexity index is 384. The number of hydrogen-bond acceptors (Lipinski definition) is 2. The van der Waals surface area contributed by atoms with Gasteiger partial charge in [-0.1, -0.05) is 24.3 Å². The van der Waals surface area contributed by atoms with E-state index in [2.05, 4.69) is 25.1 Å². The molecule has 0 N–H and O–H groups in total. The van der Waals surface area contributed by atoms with Crippen molar-refractivity contribution in [2.75, 3.05) is 20.6 Å². The van der Waals surface area contributed by atoms with Crippen LogP contribution in [0.5, 0.6) is 0 Å². The van der Waals surface area contributed by atoms with Crippen LogP contribution >= 0.6 is 0 Å². The Morgan fingerprint density at radius 2 is 2.06 bits per heavy atom. The first-order valence-corrected chi connectivity index (χ1v) is 5.95. The van der Waals surface area contributed by atoms with Gasteiger partial charge in [0.25, 0.3) is 0 Å². The molecule has 0 radical (unpaired) electrons. The molecule has 0 fully saturated rings. The average molecular weight is 217 g/mol. The number of rotatable bonds is 4. The van der Waals surface area contributed by atoms with E-state index in [0.717, 1.165) is 31.4 Å². The van der Waals surface area contributed by atoms with Crippen molar-refractivity contribution < 1.29 is 4.79 Å². The van der Waals surface area contributed by atoms with Crippen LogP contribution in [0.15, 0.2) is 24.3 Å². The normalized spacial score (nSPS) is 19.2. The van der Waals surface area contributed by atoms with Crippen LogP contribution in [-0.2, 0) is 6.42 Å². The highest BCUT2D eigenvalue weighted by atomic mass is 16.1. The largest absolute Gasteiger partial charge is 0.309 e. The number of fused-ring (bicyclic) bond motifs is 1. The Morgan fingerprint density at radius 1 is 1.31 bits per heavy atom. The van der Waals surface area contributed by atoms with Gasteiger partial charge in [0.05, 0.1) is 0 Å². The zero-order valence-corrected chi connectivity index (χ0v) is 10.1. The Hall–Kier alpha value is -1.15. The fourth-order valence-electron chi connectivity index (χ4n) is 2.40. The van der Waals surface area contributed by atoms with E-state index in [0.29, 0.717) is 5.78 Å². The summed E-state index contributed by atoms with van der Waals surface area (Å²) in [5.74, 6) is 0.590. The smallest absolute Gasteiger partial charge is 0.166 e. The second kappa shape index (κ2) is 4.79. The van der Waals surface area contributed by atoms with Crippen molar-refractivity contribution in [3.8, 4) is 0 Å². The monoisotopic (exact) mass is 217 g/mol. The first-order valence-electron chi connectivity index (χ1n) is 5.95. The lowest BCUT2D eigenvalue weighted by atomic mass is 9.99. The summed E-state index contributed by atoms with van der Waals surface area (Å²) in [4.78, 5) is 14.2. The Morgan fingerprint density at radius 3 is 2.75 bits per heavy atom. The molecule has 0 aliphatic heterocycles. The topological polar surface area (TPSA) is 20.3 Å². The second-order valence-corrected chi connectivity index (χ2v) is 4.87. The van der Waals surface area contributed by atoms with Crippen LogP contribution in [0.25, 0.3) is 0 Å². The molecular formula is C14H19NO. The predicted octanol–water partition coefficient (Wildman–Crippen LogP) is 2.38. The van der Waals surface area contributed by atoms with Gasteiger partial charge in [-0.2, -0.15) is 0 Å². The third-order valence-corrected chi connectivity index (χ3v) is 3.28. The number of benzene rings is 1. The van der Waals surface area contributed by atoms with Gasteiger partial charge < -0.3 is 4.90 Å². The van der Waals surface area contributed by atoms with Crippen LogP contribution in [0, 0.1) is 5.92 Å². The van der Waals surface area contributed by atoms with E-state index in [9.17, 15) is 4.79 Å². The number of nitrogens with zero attached hydrogens (tertiary/aromatic N) is 1. The van der Waals surface area contributed by atoms with Crippen molar-refractivity contribution in [1.82, 2.24) is 4.90 Å². The molecule has 86 valence electrons. The minimum absolute atomic E-state index is 0.234. The van der Waals surface area contributed by atoms with Crippen LogP contribution in [0.2, 0.25) is 0 Å². The third kappa shape index (κ3) is 2.33. The fraction of sp³-hybridized carbons (Fsp3) is 0.500. The molecule has 0 aromatic heterocycles. The first kappa shape index (κ1) is 11.3. The molecular weight excluding hydrogens is 198 g/mol.